The average molecular weight is 470 g/mol. The normalized spacial score (nSPS) is 26.3. The lowest BCUT2D eigenvalue weighted by molar-refractivity contribution is -0.937. The van der Waals surface area contributed by atoms with Crippen LogP contribution in [0.4, 0.5) is 5.69 Å². The van der Waals surface area contributed by atoms with Gasteiger partial charge in [-0.3, -0.25) is 4.79 Å². The van der Waals surface area contributed by atoms with Gasteiger partial charge in [-0.25, -0.2) is 0 Å². The molecule has 0 spiro atoms. The highest BCUT2D eigenvalue weighted by Gasteiger charge is 2.52. The van der Waals surface area contributed by atoms with Gasteiger partial charge in [-0.1, -0.05) is 30.5 Å². The van der Waals surface area contributed by atoms with Crippen molar-refractivity contribution in [3.63, 3.8) is 0 Å². The van der Waals surface area contributed by atoms with Crippen LogP contribution in [0.15, 0.2) is 36.4 Å². The number of hydrogen-bond donors (Lipinski definition) is 3. The van der Waals surface area contributed by atoms with Crippen molar-refractivity contribution < 1.29 is 29.0 Å². The number of amides is 1. The van der Waals surface area contributed by atoms with Gasteiger partial charge in [0.1, 0.15) is 6.04 Å². The molecule has 0 aromatic heterocycles. The molecule has 0 radical (unpaired) electrons. The summed E-state index contributed by atoms with van der Waals surface area (Å²) in [7, 11) is 4.81. The number of benzene rings is 2. The van der Waals surface area contributed by atoms with Crippen LogP contribution in [0.3, 0.4) is 0 Å². The molecule has 4 atom stereocenters. The van der Waals surface area contributed by atoms with Crippen LogP contribution >= 0.6 is 0 Å². The predicted molar refractivity (Wildman–Crippen MR) is 131 cm³/mol. The van der Waals surface area contributed by atoms with E-state index in [0.717, 1.165) is 53.9 Å². The fraction of sp³-hybridized carbons (Fsp3) is 0.519. The van der Waals surface area contributed by atoms with Crippen molar-refractivity contribution in [1.29, 1.82) is 0 Å². The maximum Gasteiger partial charge on any atom is 0.279 e. The summed E-state index contributed by atoms with van der Waals surface area (Å²) in [5, 5.41) is 14.6. The van der Waals surface area contributed by atoms with E-state index in [9.17, 15) is 9.90 Å². The van der Waals surface area contributed by atoms with E-state index >= 15 is 0 Å². The first-order valence-corrected chi connectivity index (χ1v) is 12.1. The minimum Gasteiger partial charge on any atom is -0.493 e. The van der Waals surface area contributed by atoms with Crippen molar-refractivity contribution in [2.75, 3.05) is 39.7 Å². The van der Waals surface area contributed by atoms with E-state index in [1.165, 1.54) is 0 Å². The Morgan fingerprint density at radius 2 is 1.74 bits per heavy atom. The second-order valence-electron chi connectivity index (χ2n) is 9.64. The number of ether oxygens (including phenoxy) is 3. The van der Waals surface area contributed by atoms with Gasteiger partial charge < -0.3 is 29.5 Å². The van der Waals surface area contributed by atoms with Gasteiger partial charge in [0.15, 0.2) is 18.0 Å². The zero-order valence-corrected chi connectivity index (χ0v) is 20.6. The van der Waals surface area contributed by atoms with Crippen LogP contribution in [-0.4, -0.2) is 51.0 Å². The monoisotopic (exact) mass is 469 g/mol. The Morgan fingerprint density at radius 3 is 2.35 bits per heavy atom. The third-order valence-corrected chi connectivity index (χ3v) is 7.56. The number of piperidine rings is 1. The van der Waals surface area contributed by atoms with E-state index in [2.05, 4.69) is 5.32 Å². The highest BCUT2D eigenvalue weighted by Crippen LogP contribution is 2.47. The Balaban J connectivity index is 1.67. The summed E-state index contributed by atoms with van der Waals surface area (Å²) in [6.07, 6.45) is 4.56. The smallest absolute Gasteiger partial charge is 0.279 e. The number of carbonyl (C=O) groups excluding carboxylic acids is 1. The Labute approximate surface area is 202 Å². The number of likely N-dealkylation sites (tertiary alicyclic amines) is 1. The molecule has 2 aliphatic rings. The predicted octanol–water partition coefficient (Wildman–Crippen LogP) is 2.91. The number of aryl methyl sites for hydroxylation is 1. The Kier molecular flexibility index (Phi) is 7.33. The van der Waals surface area contributed by atoms with E-state index in [1.54, 1.807) is 21.3 Å². The quantitative estimate of drug-likeness (QED) is 0.581. The maximum absolute atomic E-state index is 13.1. The fourth-order valence-corrected chi connectivity index (χ4v) is 5.85. The third kappa shape index (κ3) is 4.86. The molecule has 2 fully saturated rings. The first-order valence-electron chi connectivity index (χ1n) is 12.1. The lowest BCUT2D eigenvalue weighted by atomic mass is 9.66. The van der Waals surface area contributed by atoms with Crippen molar-refractivity contribution in [3.8, 4) is 17.2 Å². The van der Waals surface area contributed by atoms with E-state index in [1.807, 2.05) is 43.3 Å². The van der Waals surface area contributed by atoms with E-state index < -0.39 is 5.60 Å². The van der Waals surface area contributed by atoms with Gasteiger partial charge in [-0.05, 0) is 44.0 Å². The largest absolute Gasteiger partial charge is 0.493 e. The first kappa shape index (κ1) is 24.4. The van der Waals surface area contributed by atoms with Crippen molar-refractivity contribution in [1.82, 2.24) is 0 Å². The molecule has 7 heteroatoms. The van der Waals surface area contributed by atoms with Crippen LogP contribution in [0.2, 0.25) is 0 Å². The van der Waals surface area contributed by atoms with Gasteiger partial charge in [0.05, 0.1) is 33.5 Å². The standard InChI is InChI=1S/C27H36N2O5/c1-18-8-10-20(11-9-18)28-24(30)17-29-14-13-27(31)12-6-5-7-21(27)25(29)19-15-22(32-2)26(34-4)23(16-19)33-3/h8-11,15-16,21,25,31H,5-7,12-14,17H2,1-4H3,(H,28,30)/p+1/t21-,25-,27-/m1/s1. The number of anilines is 1. The van der Waals surface area contributed by atoms with Gasteiger partial charge >= 0.3 is 0 Å². The number of quaternary nitrogens is 1. The maximum atomic E-state index is 13.1. The zero-order chi connectivity index (χ0) is 24.3. The molecule has 184 valence electrons. The molecule has 3 N–H and O–H groups in total. The number of methoxy groups -OCH3 is 3. The summed E-state index contributed by atoms with van der Waals surface area (Å²) in [4.78, 5) is 14.2. The van der Waals surface area contributed by atoms with Gasteiger partial charge in [0, 0.05) is 23.6 Å². The lowest BCUT2D eigenvalue weighted by Crippen LogP contribution is -3.16. The molecule has 0 bridgehead atoms. The minimum absolute atomic E-state index is 0.0301. The van der Waals surface area contributed by atoms with Crippen molar-refractivity contribution in [2.45, 2.75) is 50.7 Å². The summed E-state index contributed by atoms with van der Waals surface area (Å²) in [6.45, 7) is 3.06. The van der Waals surface area contributed by atoms with Gasteiger partial charge in [-0.15, -0.1) is 0 Å². The van der Waals surface area contributed by atoms with Crippen LogP contribution in [0.1, 0.15) is 49.3 Å². The molecular formula is C27H37N2O5+. The molecule has 2 aromatic carbocycles. The Bertz CT molecular complexity index is 984. The number of aliphatic hydroxyl groups is 1. The molecule has 1 saturated heterocycles. The number of hydrogen-bond acceptors (Lipinski definition) is 5. The van der Waals surface area contributed by atoms with E-state index in [4.69, 9.17) is 14.2 Å². The van der Waals surface area contributed by atoms with Crippen LogP contribution in [0, 0.1) is 12.8 Å². The molecule has 34 heavy (non-hydrogen) atoms. The Hall–Kier alpha value is -2.77. The SMILES string of the molecule is COc1cc([C@@H]2[C@H]3CCCC[C@@]3(O)CC[NH+]2CC(=O)Nc2ccc(C)cc2)cc(OC)c1OC. The molecule has 4 rings (SSSR count). The molecule has 1 saturated carbocycles. The zero-order valence-electron chi connectivity index (χ0n) is 20.6. The average Bonchev–Trinajstić information content (AvgIpc) is 2.84. The van der Waals surface area contributed by atoms with E-state index in [0.29, 0.717) is 30.2 Å². The van der Waals surface area contributed by atoms with Gasteiger partial charge in [0.2, 0.25) is 5.75 Å². The van der Waals surface area contributed by atoms with E-state index in [-0.39, 0.29) is 17.9 Å². The summed E-state index contributed by atoms with van der Waals surface area (Å²) in [5.74, 6) is 1.75. The van der Waals surface area contributed by atoms with Gasteiger partial charge in [0.25, 0.3) is 5.91 Å². The number of fused-ring (bicyclic) bond motifs is 1. The second kappa shape index (κ2) is 10.2. The summed E-state index contributed by atoms with van der Waals surface area (Å²) in [6, 6.07) is 11.7. The molecule has 7 nitrogen and oxygen atoms in total. The van der Waals surface area contributed by atoms with Crippen LogP contribution in [0.25, 0.3) is 0 Å². The minimum atomic E-state index is -0.708. The molecule has 1 heterocycles. The van der Waals surface area contributed by atoms with Crippen LogP contribution in [-0.2, 0) is 4.79 Å². The summed E-state index contributed by atoms with van der Waals surface area (Å²) in [5.41, 5.74) is 2.24. The van der Waals surface area contributed by atoms with Crippen molar-refractivity contribution in [3.05, 3.63) is 47.5 Å². The molecule has 1 unspecified atom stereocenters. The molecular weight excluding hydrogens is 432 g/mol. The Morgan fingerprint density at radius 1 is 1.06 bits per heavy atom. The number of nitrogens with one attached hydrogen (secondary N) is 2. The summed E-state index contributed by atoms with van der Waals surface area (Å²) >= 11 is 0. The fourth-order valence-electron chi connectivity index (χ4n) is 5.85. The topological polar surface area (TPSA) is 81.5 Å². The van der Waals surface area contributed by atoms with Crippen LogP contribution in [0.5, 0.6) is 17.2 Å². The highest BCUT2D eigenvalue weighted by molar-refractivity contribution is 5.91. The third-order valence-electron chi connectivity index (χ3n) is 7.56. The molecule has 2 aromatic rings. The summed E-state index contributed by atoms with van der Waals surface area (Å²) < 4.78 is 16.8. The van der Waals surface area contributed by atoms with Crippen LogP contribution < -0.4 is 24.4 Å². The van der Waals surface area contributed by atoms with Gasteiger partial charge in [-0.2, -0.15) is 0 Å². The number of rotatable bonds is 7. The lowest BCUT2D eigenvalue weighted by Gasteiger charge is -2.50. The molecule has 1 aliphatic carbocycles. The van der Waals surface area contributed by atoms with Crippen molar-refractivity contribution in [2.24, 2.45) is 5.92 Å². The second-order valence-corrected chi connectivity index (χ2v) is 9.64. The molecule has 1 amide bonds. The van der Waals surface area contributed by atoms with Crippen molar-refractivity contribution >= 4 is 11.6 Å². The number of carbonyl (C=O) groups is 1. The molecule has 1 aliphatic heterocycles. The first-order chi connectivity index (χ1) is 16.4. The highest BCUT2D eigenvalue weighted by atomic mass is 16.5.